The molecule has 1 rings (SSSR count). The van der Waals surface area contributed by atoms with Gasteiger partial charge in [0.2, 0.25) is 0 Å². The molecular formula is C9H11O4PS2. The number of benzene rings is 1. The fourth-order valence-electron chi connectivity index (χ4n) is 1.22. The molecule has 0 saturated carbocycles. The maximum Gasteiger partial charge on any atom is 0.469 e. The zero-order chi connectivity index (χ0) is 12.2. The Balaban J connectivity index is 2.67. The first-order valence-electron chi connectivity index (χ1n) is 4.41. The molecule has 0 fully saturated rings. The number of hydrogen-bond acceptors (Lipinski definition) is 3. The normalized spacial score (nSPS) is 11.4. The number of phosphoric ester groups is 1. The predicted octanol–water partition coefficient (Wildman–Crippen LogP) is 1.94. The molecule has 0 aliphatic carbocycles. The van der Waals surface area contributed by atoms with E-state index < -0.39 is 7.82 Å². The lowest BCUT2D eigenvalue weighted by molar-refractivity contribution is 0.199. The highest BCUT2D eigenvalue weighted by atomic mass is 32.1. The molecule has 0 spiro atoms. The topological polar surface area (TPSA) is 66.8 Å². The Bertz CT molecular complexity index is 429. The van der Waals surface area contributed by atoms with E-state index in [0.29, 0.717) is 10.6 Å². The summed E-state index contributed by atoms with van der Waals surface area (Å²) < 4.78 is 15.3. The smallest absolute Gasteiger partial charge is 0.303 e. The first kappa shape index (κ1) is 13.8. The van der Waals surface area contributed by atoms with E-state index in [0.717, 1.165) is 11.1 Å². The van der Waals surface area contributed by atoms with Gasteiger partial charge in [-0.3, -0.25) is 4.52 Å². The van der Waals surface area contributed by atoms with E-state index >= 15 is 0 Å². The van der Waals surface area contributed by atoms with Crippen LogP contribution in [-0.4, -0.2) is 20.6 Å². The van der Waals surface area contributed by atoms with Gasteiger partial charge >= 0.3 is 7.82 Å². The highest BCUT2D eigenvalue weighted by molar-refractivity contribution is 8.11. The van der Waals surface area contributed by atoms with Gasteiger partial charge in [-0.05, 0) is 12.0 Å². The van der Waals surface area contributed by atoms with Crippen molar-refractivity contribution in [3.63, 3.8) is 0 Å². The average molecular weight is 278 g/mol. The summed E-state index contributed by atoms with van der Waals surface area (Å²) in [6.45, 7) is -0.0579. The Morgan fingerprint density at radius 2 is 2.06 bits per heavy atom. The van der Waals surface area contributed by atoms with E-state index in [2.05, 4.69) is 17.2 Å². The van der Waals surface area contributed by atoms with Crippen LogP contribution in [0.3, 0.4) is 0 Å². The van der Waals surface area contributed by atoms with Crippen molar-refractivity contribution in [3.8, 4) is 0 Å². The monoisotopic (exact) mass is 278 g/mol. The molecule has 0 saturated heterocycles. The fourth-order valence-corrected chi connectivity index (χ4v) is 1.97. The Kier molecular flexibility index (Phi) is 5.11. The molecule has 0 radical (unpaired) electrons. The Labute approximate surface area is 104 Å². The molecule has 88 valence electrons. The van der Waals surface area contributed by atoms with Crippen molar-refractivity contribution in [3.05, 3.63) is 35.4 Å². The van der Waals surface area contributed by atoms with Gasteiger partial charge in [-0.2, -0.15) is 0 Å². The van der Waals surface area contributed by atoms with E-state index in [1.54, 1.807) is 0 Å². The zero-order valence-corrected chi connectivity index (χ0v) is 10.8. The molecule has 0 aromatic heterocycles. The Hall–Kier alpha value is -0.230. The second-order valence-electron chi connectivity index (χ2n) is 3.04. The van der Waals surface area contributed by atoms with E-state index in [9.17, 15) is 4.57 Å². The first-order chi connectivity index (χ1) is 7.40. The molecule has 2 N–H and O–H groups in total. The SMILES string of the molecule is O=P(O)(O)OCCc1ccccc1C(=S)S. The van der Waals surface area contributed by atoms with Crippen molar-refractivity contribution in [2.45, 2.75) is 6.42 Å². The Morgan fingerprint density at radius 1 is 1.44 bits per heavy atom. The summed E-state index contributed by atoms with van der Waals surface area (Å²) in [5.74, 6) is 0. The van der Waals surface area contributed by atoms with Gasteiger partial charge in [0.15, 0.2) is 0 Å². The third-order valence-corrected chi connectivity index (χ3v) is 2.86. The number of thiocarbonyl (C=S) groups is 1. The molecule has 7 heteroatoms. The van der Waals surface area contributed by atoms with Crippen molar-refractivity contribution in [1.82, 2.24) is 0 Å². The van der Waals surface area contributed by atoms with E-state index in [1.165, 1.54) is 0 Å². The summed E-state index contributed by atoms with van der Waals surface area (Å²) in [6.07, 6.45) is 0.377. The lowest BCUT2D eigenvalue weighted by Gasteiger charge is -2.08. The van der Waals surface area contributed by atoms with Crippen LogP contribution in [0.15, 0.2) is 24.3 Å². The standard InChI is InChI=1S/C9H11O4PS2/c10-14(11,12)13-6-5-7-3-1-2-4-8(7)9(15)16/h1-4H,5-6H2,(H,15,16)(H2,10,11,12). The minimum absolute atomic E-state index is 0.0579. The number of phosphoric acid groups is 1. The van der Waals surface area contributed by atoms with Gasteiger partial charge in [0.25, 0.3) is 0 Å². The summed E-state index contributed by atoms with van der Waals surface area (Å²) in [7, 11) is -4.39. The van der Waals surface area contributed by atoms with Crippen molar-refractivity contribution in [2.75, 3.05) is 6.61 Å². The van der Waals surface area contributed by atoms with Gasteiger partial charge in [-0.15, -0.1) is 12.6 Å². The molecule has 0 aliphatic rings. The van der Waals surface area contributed by atoms with Crippen LogP contribution in [-0.2, 0) is 15.5 Å². The summed E-state index contributed by atoms with van der Waals surface area (Å²) in [6, 6.07) is 7.27. The largest absolute Gasteiger partial charge is 0.469 e. The van der Waals surface area contributed by atoms with Crippen LogP contribution in [0.4, 0.5) is 0 Å². The van der Waals surface area contributed by atoms with Crippen LogP contribution in [0.2, 0.25) is 0 Å². The summed E-state index contributed by atoms with van der Waals surface area (Å²) >= 11 is 9.02. The third-order valence-electron chi connectivity index (χ3n) is 1.88. The van der Waals surface area contributed by atoms with E-state index in [-0.39, 0.29) is 6.61 Å². The van der Waals surface area contributed by atoms with Crippen molar-refractivity contribution in [1.29, 1.82) is 0 Å². The minimum Gasteiger partial charge on any atom is -0.303 e. The highest BCUT2D eigenvalue weighted by Gasteiger charge is 2.13. The molecular weight excluding hydrogens is 267 g/mol. The van der Waals surface area contributed by atoms with Gasteiger partial charge in [-0.1, -0.05) is 36.5 Å². The molecule has 4 nitrogen and oxygen atoms in total. The fraction of sp³-hybridized carbons (Fsp3) is 0.222. The highest BCUT2D eigenvalue weighted by Crippen LogP contribution is 2.35. The third kappa shape index (κ3) is 4.74. The lowest BCUT2D eigenvalue weighted by Crippen LogP contribution is -2.01. The molecule has 1 aromatic carbocycles. The Morgan fingerprint density at radius 3 is 2.62 bits per heavy atom. The van der Waals surface area contributed by atoms with Gasteiger partial charge in [0, 0.05) is 5.56 Å². The number of rotatable bonds is 5. The van der Waals surface area contributed by atoms with Crippen LogP contribution in [0, 0.1) is 0 Å². The van der Waals surface area contributed by atoms with Gasteiger partial charge in [-0.25, -0.2) is 4.57 Å². The minimum atomic E-state index is -4.39. The van der Waals surface area contributed by atoms with E-state index in [4.69, 9.17) is 22.0 Å². The second-order valence-corrected chi connectivity index (χ2v) is 5.43. The summed E-state index contributed by atoms with van der Waals surface area (Å²) in [4.78, 5) is 17.0. The molecule has 0 amide bonds. The maximum atomic E-state index is 10.5. The van der Waals surface area contributed by atoms with Crippen molar-refractivity contribution < 1.29 is 18.9 Å². The average Bonchev–Trinajstić information content (AvgIpc) is 2.16. The van der Waals surface area contributed by atoms with Crippen molar-refractivity contribution in [2.24, 2.45) is 0 Å². The van der Waals surface area contributed by atoms with Crippen molar-refractivity contribution >= 4 is 36.9 Å². The van der Waals surface area contributed by atoms with Crippen LogP contribution in [0.5, 0.6) is 0 Å². The number of thiol groups is 1. The zero-order valence-electron chi connectivity index (χ0n) is 8.24. The van der Waals surface area contributed by atoms with Crippen LogP contribution < -0.4 is 0 Å². The van der Waals surface area contributed by atoms with Crippen LogP contribution in [0.1, 0.15) is 11.1 Å². The van der Waals surface area contributed by atoms with Crippen LogP contribution in [0.25, 0.3) is 0 Å². The molecule has 16 heavy (non-hydrogen) atoms. The maximum absolute atomic E-state index is 10.5. The number of hydrogen-bond donors (Lipinski definition) is 3. The molecule has 0 aliphatic heterocycles. The molecule has 0 bridgehead atoms. The molecule has 0 atom stereocenters. The second kappa shape index (κ2) is 5.91. The van der Waals surface area contributed by atoms with Gasteiger partial charge in [0.05, 0.1) is 10.8 Å². The molecule has 0 heterocycles. The predicted molar refractivity (Wildman–Crippen MR) is 68.8 cm³/mol. The molecule has 1 aromatic rings. The first-order valence-corrected chi connectivity index (χ1v) is 6.80. The molecule has 0 unspecified atom stereocenters. The van der Waals surface area contributed by atoms with Gasteiger partial charge in [0.1, 0.15) is 0 Å². The summed E-state index contributed by atoms with van der Waals surface area (Å²) in [5, 5.41) is 0. The van der Waals surface area contributed by atoms with Crippen LogP contribution >= 0.6 is 32.7 Å². The lowest BCUT2D eigenvalue weighted by atomic mass is 10.1. The summed E-state index contributed by atoms with van der Waals surface area (Å²) in [5.41, 5.74) is 1.64. The van der Waals surface area contributed by atoms with E-state index in [1.807, 2.05) is 24.3 Å². The quantitative estimate of drug-likeness (QED) is 0.436. The van der Waals surface area contributed by atoms with Gasteiger partial charge < -0.3 is 9.79 Å².